The van der Waals surface area contributed by atoms with Crippen molar-refractivity contribution in [3.63, 3.8) is 0 Å². The van der Waals surface area contributed by atoms with Gasteiger partial charge in [0.05, 0.1) is 12.6 Å². The van der Waals surface area contributed by atoms with Crippen molar-refractivity contribution in [2.24, 2.45) is 17.1 Å². The molecular formula is C15H29N3O3. The van der Waals surface area contributed by atoms with Gasteiger partial charge in [0, 0.05) is 11.5 Å². The quantitative estimate of drug-likeness (QED) is 0.543. The molecule has 1 rings (SSSR count). The number of nitrogens with one attached hydrogen (secondary N) is 2. The van der Waals surface area contributed by atoms with Gasteiger partial charge in [-0.3, -0.25) is 9.59 Å². The Labute approximate surface area is 126 Å². The Morgan fingerprint density at radius 2 is 1.95 bits per heavy atom. The summed E-state index contributed by atoms with van der Waals surface area (Å²) in [5.74, 6) is -0.585. The number of ketones is 1. The maximum atomic E-state index is 12.7. The monoisotopic (exact) mass is 299 g/mol. The smallest absolute Gasteiger partial charge is 0.239 e. The molecule has 0 heterocycles. The van der Waals surface area contributed by atoms with Crippen LogP contribution in [0.3, 0.4) is 0 Å². The summed E-state index contributed by atoms with van der Waals surface area (Å²) in [6.07, 6.45) is 1.72. The van der Waals surface area contributed by atoms with E-state index in [1.807, 2.05) is 7.05 Å². The van der Waals surface area contributed by atoms with Crippen LogP contribution < -0.4 is 16.4 Å². The Hall–Kier alpha value is -0.980. The van der Waals surface area contributed by atoms with Crippen LogP contribution in [-0.4, -0.2) is 48.1 Å². The molecule has 1 saturated carbocycles. The lowest BCUT2D eigenvalue weighted by atomic mass is 9.69. The molecule has 6 nitrogen and oxygen atoms in total. The normalized spacial score (nSPS) is 30.7. The number of carbonyl (C=O) groups excluding carboxylic acids is 2. The van der Waals surface area contributed by atoms with E-state index in [1.165, 1.54) is 0 Å². The fourth-order valence-electron chi connectivity index (χ4n) is 3.22. The number of hydrogen-bond donors (Lipinski definition) is 4. The molecule has 1 aliphatic rings. The van der Waals surface area contributed by atoms with Crippen molar-refractivity contribution >= 4 is 11.7 Å². The Morgan fingerprint density at radius 3 is 2.38 bits per heavy atom. The standard InChI is InChI=1S/C15H29N3O3/c1-9(18-13(21)11(16)8-19)12(20)10-6-7-15(4,17-5)14(10,2)3/h9-11,17,19H,6-8,16H2,1-5H3,(H,18,21)/t9-,10?,11+,15?/m1/s1. The lowest BCUT2D eigenvalue weighted by molar-refractivity contribution is -0.132. The molecule has 0 spiro atoms. The number of amides is 1. The molecule has 1 aliphatic carbocycles. The van der Waals surface area contributed by atoms with Crippen LogP contribution in [0.5, 0.6) is 0 Å². The Morgan fingerprint density at radius 1 is 1.38 bits per heavy atom. The Kier molecular flexibility index (Phi) is 5.52. The van der Waals surface area contributed by atoms with E-state index in [4.69, 9.17) is 10.8 Å². The lowest BCUT2D eigenvalue weighted by Gasteiger charge is -2.41. The van der Waals surface area contributed by atoms with Gasteiger partial charge in [-0.05, 0) is 39.2 Å². The molecule has 0 aromatic rings. The van der Waals surface area contributed by atoms with E-state index in [9.17, 15) is 9.59 Å². The molecule has 0 bridgehead atoms. The Balaban J connectivity index is 2.78. The number of carbonyl (C=O) groups is 2. The minimum Gasteiger partial charge on any atom is -0.394 e. The zero-order chi connectivity index (χ0) is 16.4. The van der Waals surface area contributed by atoms with Crippen molar-refractivity contribution in [1.29, 1.82) is 0 Å². The maximum absolute atomic E-state index is 12.7. The average Bonchev–Trinajstić information content (AvgIpc) is 2.68. The predicted octanol–water partition coefficient (Wildman–Crippen LogP) is -0.206. The first-order valence-corrected chi connectivity index (χ1v) is 7.50. The minimum atomic E-state index is -0.987. The molecule has 21 heavy (non-hydrogen) atoms. The van der Waals surface area contributed by atoms with Crippen molar-refractivity contribution < 1.29 is 14.7 Å². The first kappa shape index (κ1) is 18.1. The molecule has 1 amide bonds. The number of Topliss-reactive ketones (excluding diaryl/α,β-unsaturated/α-hetero) is 1. The van der Waals surface area contributed by atoms with Crippen LogP contribution in [0.4, 0.5) is 0 Å². The average molecular weight is 299 g/mol. The largest absolute Gasteiger partial charge is 0.394 e. The first-order valence-electron chi connectivity index (χ1n) is 7.50. The summed E-state index contributed by atoms with van der Waals surface area (Å²) >= 11 is 0. The predicted molar refractivity (Wildman–Crippen MR) is 81.6 cm³/mol. The fraction of sp³-hybridized carbons (Fsp3) is 0.867. The molecule has 0 radical (unpaired) electrons. The van der Waals surface area contributed by atoms with Crippen LogP contribution in [0.15, 0.2) is 0 Å². The molecule has 122 valence electrons. The molecule has 6 heteroatoms. The van der Waals surface area contributed by atoms with Gasteiger partial charge in [0.25, 0.3) is 0 Å². The highest BCUT2D eigenvalue weighted by Gasteiger charge is 2.53. The molecule has 0 aromatic carbocycles. The molecule has 2 unspecified atom stereocenters. The zero-order valence-electron chi connectivity index (χ0n) is 13.7. The second-order valence-electron chi connectivity index (χ2n) is 6.82. The SMILES string of the molecule is CNC1(C)CCC(C(=O)[C@@H](C)NC(=O)[C@@H](N)CO)C1(C)C. The van der Waals surface area contributed by atoms with Crippen LogP contribution in [-0.2, 0) is 9.59 Å². The number of rotatable bonds is 6. The van der Waals surface area contributed by atoms with Gasteiger partial charge in [0.2, 0.25) is 5.91 Å². The summed E-state index contributed by atoms with van der Waals surface area (Å²) in [4.78, 5) is 24.4. The van der Waals surface area contributed by atoms with Gasteiger partial charge in [-0.2, -0.15) is 0 Å². The van der Waals surface area contributed by atoms with Gasteiger partial charge in [0.15, 0.2) is 5.78 Å². The van der Waals surface area contributed by atoms with Crippen LogP contribution in [0.2, 0.25) is 0 Å². The highest BCUT2D eigenvalue weighted by molar-refractivity contribution is 5.92. The zero-order valence-corrected chi connectivity index (χ0v) is 13.7. The van der Waals surface area contributed by atoms with Gasteiger partial charge in [-0.1, -0.05) is 13.8 Å². The topological polar surface area (TPSA) is 104 Å². The molecule has 0 aromatic heterocycles. The van der Waals surface area contributed by atoms with E-state index in [1.54, 1.807) is 6.92 Å². The summed E-state index contributed by atoms with van der Waals surface area (Å²) in [5.41, 5.74) is 5.16. The molecule has 1 fully saturated rings. The number of hydrogen-bond acceptors (Lipinski definition) is 5. The molecule has 5 N–H and O–H groups in total. The van der Waals surface area contributed by atoms with E-state index in [0.717, 1.165) is 12.8 Å². The fourth-order valence-corrected chi connectivity index (χ4v) is 3.22. The third-order valence-electron chi connectivity index (χ3n) is 5.44. The van der Waals surface area contributed by atoms with Crippen LogP contribution >= 0.6 is 0 Å². The summed E-state index contributed by atoms with van der Waals surface area (Å²) in [6.45, 7) is 7.56. The van der Waals surface area contributed by atoms with Gasteiger partial charge < -0.3 is 21.5 Å². The third kappa shape index (κ3) is 3.27. The van der Waals surface area contributed by atoms with E-state index < -0.39 is 24.6 Å². The maximum Gasteiger partial charge on any atom is 0.239 e. The second-order valence-corrected chi connectivity index (χ2v) is 6.82. The van der Waals surface area contributed by atoms with Crippen molar-refractivity contribution in [2.45, 2.75) is 58.2 Å². The van der Waals surface area contributed by atoms with Crippen molar-refractivity contribution in [2.75, 3.05) is 13.7 Å². The molecule has 0 aliphatic heterocycles. The van der Waals surface area contributed by atoms with Crippen molar-refractivity contribution in [1.82, 2.24) is 10.6 Å². The third-order valence-corrected chi connectivity index (χ3v) is 5.44. The molecule has 4 atom stereocenters. The summed E-state index contributed by atoms with van der Waals surface area (Å²) in [7, 11) is 1.92. The van der Waals surface area contributed by atoms with Gasteiger partial charge in [0.1, 0.15) is 6.04 Å². The van der Waals surface area contributed by atoms with Crippen molar-refractivity contribution in [3.8, 4) is 0 Å². The highest BCUT2D eigenvalue weighted by Crippen LogP contribution is 2.50. The van der Waals surface area contributed by atoms with Crippen LogP contribution in [0.25, 0.3) is 0 Å². The van der Waals surface area contributed by atoms with Gasteiger partial charge in [-0.25, -0.2) is 0 Å². The van der Waals surface area contributed by atoms with Crippen LogP contribution in [0.1, 0.15) is 40.5 Å². The number of aliphatic hydroxyl groups is 1. The van der Waals surface area contributed by atoms with Crippen LogP contribution in [0, 0.1) is 11.3 Å². The summed E-state index contributed by atoms with van der Waals surface area (Å²) in [5, 5.41) is 14.8. The molecular weight excluding hydrogens is 270 g/mol. The minimum absolute atomic E-state index is 0.0254. The molecule has 0 saturated heterocycles. The van der Waals surface area contributed by atoms with Gasteiger partial charge >= 0.3 is 0 Å². The summed E-state index contributed by atoms with van der Waals surface area (Å²) < 4.78 is 0. The number of aliphatic hydroxyl groups excluding tert-OH is 1. The Bertz CT molecular complexity index is 411. The highest BCUT2D eigenvalue weighted by atomic mass is 16.3. The number of nitrogens with two attached hydrogens (primary N) is 1. The van der Waals surface area contributed by atoms with Gasteiger partial charge in [-0.15, -0.1) is 0 Å². The lowest BCUT2D eigenvalue weighted by Crippen LogP contribution is -2.54. The summed E-state index contributed by atoms with van der Waals surface area (Å²) in [6, 6.07) is -1.59. The van der Waals surface area contributed by atoms with E-state index in [2.05, 4.69) is 31.4 Å². The second kappa shape index (κ2) is 6.42. The first-order chi connectivity index (χ1) is 9.60. The van der Waals surface area contributed by atoms with E-state index in [0.29, 0.717) is 0 Å². The van der Waals surface area contributed by atoms with E-state index in [-0.39, 0.29) is 22.7 Å². The van der Waals surface area contributed by atoms with E-state index >= 15 is 0 Å². The van der Waals surface area contributed by atoms with Crippen molar-refractivity contribution in [3.05, 3.63) is 0 Å².